The van der Waals surface area contributed by atoms with E-state index in [1.54, 1.807) is 0 Å². The lowest BCUT2D eigenvalue weighted by Crippen LogP contribution is -2.14. The van der Waals surface area contributed by atoms with Gasteiger partial charge in [-0.3, -0.25) is 9.36 Å². The molecule has 3 aromatic rings. The van der Waals surface area contributed by atoms with Crippen LogP contribution in [0.1, 0.15) is 17.5 Å². The zero-order chi connectivity index (χ0) is 22.4. The Morgan fingerprint density at radius 2 is 1.84 bits per heavy atom. The Kier molecular flexibility index (Phi) is 7.94. The number of aromatic nitrogens is 1. The van der Waals surface area contributed by atoms with Gasteiger partial charge in [0.1, 0.15) is 5.75 Å². The third kappa shape index (κ3) is 5.77. The third-order valence-electron chi connectivity index (χ3n) is 5.01. The number of carbonyl (C=O) groups excluding carboxylic acids is 1. The predicted molar refractivity (Wildman–Crippen MR) is 125 cm³/mol. The van der Waals surface area contributed by atoms with Crippen molar-refractivity contribution in [2.24, 2.45) is 5.73 Å². The van der Waals surface area contributed by atoms with Gasteiger partial charge in [0.05, 0.1) is 23.8 Å². The van der Waals surface area contributed by atoms with Crippen LogP contribution >= 0.6 is 23.5 Å². The summed E-state index contributed by atoms with van der Waals surface area (Å²) in [6.45, 7) is 1.01. The van der Waals surface area contributed by atoms with Crippen molar-refractivity contribution in [3.63, 3.8) is 0 Å². The minimum Gasteiger partial charge on any atom is -0.494 e. The Morgan fingerprint density at radius 1 is 1.13 bits per heavy atom. The predicted octanol–water partition coefficient (Wildman–Crippen LogP) is 4.73. The number of amides is 1. The first kappa shape index (κ1) is 23.5. The largest absolute Gasteiger partial charge is 0.494 e. The number of hydrogen-bond donors (Lipinski definition) is 1. The van der Waals surface area contributed by atoms with Gasteiger partial charge in [-0.15, -0.1) is 0 Å². The average molecular weight is 509 g/mol. The summed E-state index contributed by atoms with van der Waals surface area (Å²) in [7, 11) is -0.298. The Bertz CT molecular complexity index is 1090. The Hall–Kier alpha value is -2.12. The molecule has 0 bridgehead atoms. The van der Waals surface area contributed by atoms with E-state index in [0.717, 1.165) is 26.6 Å². The van der Waals surface area contributed by atoms with Crippen LogP contribution in [0.4, 0.5) is 0 Å². The zero-order valence-corrected chi connectivity index (χ0v) is 20.0. The van der Waals surface area contributed by atoms with Crippen molar-refractivity contribution in [1.29, 1.82) is 0 Å². The molecule has 0 aliphatic carbocycles. The number of nitrogens with two attached hydrogens (primary N) is 1. The van der Waals surface area contributed by atoms with Crippen LogP contribution in [-0.2, 0) is 31.4 Å². The first-order chi connectivity index (χ1) is 14.9. The number of nitrogens with zero attached hydrogens (tertiary/aromatic N) is 1. The fourth-order valence-corrected chi connectivity index (χ4v) is 5.13. The quantitative estimate of drug-likeness (QED) is 0.298. The molecule has 0 saturated carbocycles. The van der Waals surface area contributed by atoms with Crippen molar-refractivity contribution in [3.8, 4) is 5.75 Å². The zero-order valence-electron chi connectivity index (χ0n) is 17.5. The summed E-state index contributed by atoms with van der Waals surface area (Å²) >= 11 is 3.66. The van der Waals surface area contributed by atoms with Gasteiger partial charge in [0.15, 0.2) is 0 Å². The molecule has 0 atom stereocenters. The van der Waals surface area contributed by atoms with Crippen molar-refractivity contribution in [2.45, 2.75) is 19.4 Å². The van der Waals surface area contributed by atoms with Gasteiger partial charge in [0.2, 0.25) is 5.91 Å². The topological polar surface area (TPSA) is 92.8 Å². The van der Waals surface area contributed by atoms with Crippen molar-refractivity contribution >= 4 is 40.3 Å². The molecule has 0 aliphatic rings. The summed E-state index contributed by atoms with van der Waals surface area (Å²) in [5.74, 6) is 0.257. The fourth-order valence-electron chi connectivity index (χ4n) is 3.43. The van der Waals surface area contributed by atoms with E-state index in [4.69, 9.17) is 19.5 Å². The van der Waals surface area contributed by atoms with Gasteiger partial charge in [-0.05, 0) is 46.1 Å². The lowest BCUT2D eigenvalue weighted by atomic mass is 10.1. The van der Waals surface area contributed by atoms with Gasteiger partial charge in [0.25, 0.3) is 0 Å². The van der Waals surface area contributed by atoms with Crippen LogP contribution in [0.2, 0.25) is 0 Å². The summed E-state index contributed by atoms with van der Waals surface area (Å²) < 4.78 is 30.8. The van der Waals surface area contributed by atoms with Gasteiger partial charge < -0.3 is 24.1 Å². The number of rotatable bonds is 11. The molecule has 3 rings (SSSR count). The summed E-state index contributed by atoms with van der Waals surface area (Å²) in [6.07, 6.45) is 0.908. The number of fused-ring (bicyclic) bond motifs is 1. The molecule has 0 aliphatic heterocycles. The highest BCUT2D eigenvalue weighted by atomic mass is 79.9. The Balaban J connectivity index is 1.85. The Morgan fingerprint density at radius 3 is 2.48 bits per heavy atom. The second-order valence-electron chi connectivity index (χ2n) is 7.06. The number of halogens is 1. The molecule has 9 heteroatoms. The molecule has 0 spiro atoms. The highest BCUT2D eigenvalue weighted by Crippen LogP contribution is 2.46. The summed E-state index contributed by atoms with van der Waals surface area (Å²) in [5, 5.41) is 0.901. The maximum Gasteiger partial charge on any atom is 0.330 e. The highest BCUT2D eigenvalue weighted by molar-refractivity contribution is 9.10. The molecule has 31 heavy (non-hydrogen) atoms. The van der Waals surface area contributed by atoms with Crippen LogP contribution in [0.5, 0.6) is 5.75 Å². The van der Waals surface area contributed by atoms with Crippen molar-refractivity contribution in [2.75, 3.05) is 27.0 Å². The van der Waals surface area contributed by atoms with Crippen molar-refractivity contribution < 1.29 is 23.1 Å². The molecule has 1 heterocycles. The maximum absolute atomic E-state index is 12.1. The molecule has 2 aromatic carbocycles. The summed E-state index contributed by atoms with van der Waals surface area (Å²) in [4.78, 5) is 11.7. The Labute approximate surface area is 190 Å². The van der Waals surface area contributed by atoms with Crippen LogP contribution in [-0.4, -0.2) is 37.5 Å². The molecule has 1 amide bonds. The fraction of sp³-hybridized carbons (Fsp3) is 0.318. The van der Waals surface area contributed by atoms with Crippen LogP contribution in [0.3, 0.4) is 0 Å². The number of hydrogen-bond acceptors (Lipinski definition) is 5. The normalized spacial score (nSPS) is 11.7. The minimum absolute atomic E-state index is 0.118. The molecule has 0 radical (unpaired) electrons. The molecule has 2 N–H and O–H groups in total. The second kappa shape index (κ2) is 10.5. The average Bonchev–Trinajstić information content (AvgIpc) is 3.02. The van der Waals surface area contributed by atoms with E-state index in [2.05, 4.69) is 32.6 Å². The van der Waals surface area contributed by atoms with Gasteiger partial charge in [0, 0.05) is 37.2 Å². The molecule has 7 nitrogen and oxygen atoms in total. The van der Waals surface area contributed by atoms with Crippen LogP contribution < -0.4 is 10.5 Å². The number of benzene rings is 2. The highest BCUT2D eigenvalue weighted by Gasteiger charge is 2.21. The van der Waals surface area contributed by atoms with E-state index in [9.17, 15) is 9.36 Å². The molecule has 166 valence electrons. The number of ether oxygens (including phenoxy) is 1. The second-order valence-corrected chi connectivity index (χ2v) is 10.2. The van der Waals surface area contributed by atoms with Gasteiger partial charge in [-0.25, -0.2) is 0 Å². The van der Waals surface area contributed by atoms with Crippen molar-refractivity contribution in [1.82, 2.24) is 4.57 Å². The van der Waals surface area contributed by atoms with Gasteiger partial charge in [-0.2, -0.15) is 0 Å². The molecule has 0 unspecified atom stereocenters. The SMILES string of the molecule is COP(=O)(CCCOc1ccc2c(c1)c(CC(N)=O)c(Br)n2Cc1ccccc1)OC. The first-order valence-electron chi connectivity index (χ1n) is 9.83. The van der Waals surface area contributed by atoms with E-state index >= 15 is 0 Å². The van der Waals surface area contributed by atoms with Gasteiger partial charge >= 0.3 is 7.60 Å². The molecule has 0 saturated heterocycles. The number of primary amides is 1. The van der Waals surface area contributed by atoms with Crippen LogP contribution in [0.25, 0.3) is 10.9 Å². The van der Waals surface area contributed by atoms with E-state index in [0.29, 0.717) is 25.3 Å². The van der Waals surface area contributed by atoms with Crippen LogP contribution in [0.15, 0.2) is 53.1 Å². The lowest BCUT2D eigenvalue weighted by molar-refractivity contribution is -0.117. The molecule has 1 aromatic heterocycles. The smallest absolute Gasteiger partial charge is 0.330 e. The van der Waals surface area contributed by atoms with E-state index < -0.39 is 13.5 Å². The van der Waals surface area contributed by atoms with E-state index in [1.807, 2.05) is 36.4 Å². The third-order valence-corrected chi connectivity index (χ3v) is 7.89. The number of carbonyl (C=O) groups is 1. The molecule has 0 fully saturated rings. The van der Waals surface area contributed by atoms with E-state index in [1.165, 1.54) is 14.2 Å². The monoisotopic (exact) mass is 508 g/mol. The molecular formula is C22H26BrN2O5P. The van der Waals surface area contributed by atoms with Crippen LogP contribution in [0, 0.1) is 0 Å². The summed E-state index contributed by atoms with van der Waals surface area (Å²) in [6, 6.07) is 15.9. The molecular weight excluding hydrogens is 483 g/mol. The van der Waals surface area contributed by atoms with Crippen molar-refractivity contribution in [3.05, 3.63) is 64.3 Å². The first-order valence-corrected chi connectivity index (χ1v) is 12.3. The maximum atomic E-state index is 12.1. The summed E-state index contributed by atoms with van der Waals surface area (Å²) in [5.41, 5.74) is 8.44. The van der Waals surface area contributed by atoms with Gasteiger partial charge in [-0.1, -0.05) is 30.3 Å². The lowest BCUT2D eigenvalue weighted by Gasteiger charge is -2.13. The van der Waals surface area contributed by atoms with E-state index in [-0.39, 0.29) is 12.6 Å². The standard InChI is InChI=1S/C22H26BrN2O5P/c1-28-31(27,29-2)12-6-11-30-17-9-10-20-18(13-17)19(14-21(24)26)22(23)25(20)15-16-7-4-3-5-8-16/h3-5,7-10,13H,6,11-12,14-15H2,1-2H3,(H2,24,26). The minimum atomic E-state index is -3.04.